The summed E-state index contributed by atoms with van der Waals surface area (Å²) < 4.78 is 37.4. The van der Waals surface area contributed by atoms with Crippen molar-refractivity contribution in [3.8, 4) is 11.3 Å². The number of benzene rings is 1. The van der Waals surface area contributed by atoms with Gasteiger partial charge in [-0.1, -0.05) is 18.2 Å². The number of aromatic nitrogens is 1. The Kier molecular flexibility index (Phi) is 3.46. The average molecular weight is 266 g/mol. The summed E-state index contributed by atoms with van der Waals surface area (Å²) in [5.74, 6) is 0.761. The van der Waals surface area contributed by atoms with E-state index in [9.17, 15) is 13.2 Å². The maximum Gasteiger partial charge on any atom is 0.416 e. The highest BCUT2D eigenvalue weighted by Gasteiger charge is 2.29. The molecule has 1 aromatic heterocycles. The van der Waals surface area contributed by atoms with E-state index in [1.165, 1.54) is 12.1 Å². The molecule has 2 rings (SSSR count). The zero-order chi connectivity index (χ0) is 14.0. The van der Waals surface area contributed by atoms with Crippen LogP contribution in [0, 0.1) is 0 Å². The van der Waals surface area contributed by atoms with Gasteiger partial charge in [0.1, 0.15) is 5.82 Å². The van der Waals surface area contributed by atoms with Gasteiger partial charge in [-0.15, -0.1) is 0 Å². The van der Waals surface area contributed by atoms with E-state index in [0.717, 1.165) is 18.0 Å². The first-order valence-electron chi connectivity index (χ1n) is 5.70. The van der Waals surface area contributed by atoms with Crippen molar-refractivity contribution in [2.24, 2.45) is 0 Å². The fourth-order valence-electron chi connectivity index (χ4n) is 1.66. The number of alkyl halides is 3. The van der Waals surface area contributed by atoms with Crippen LogP contribution in [-0.2, 0) is 6.18 Å². The standard InChI is InChI=1S/C14H13F3N2/c1-19(2)13-5-3-4-12(18-13)10-6-8-11(9-7-10)14(15,16)17/h3-9H,1-2H3. The molecule has 1 heterocycles. The predicted molar refractivity (Wildman–Crippen MR) is 69.0 cm³/mol. The van der Waals surface area contributed by atoms with E-state index in [0.29, 0.717) is 11.3 Å². The molecule has 0 unspecified atom stereocenters. The normalized spacial score (nSPS) is 11.4. The van der Waals surface area contributed by atoms with Gasteiger partial charge in [-0.2, -0.15) is 13.2 Å². The van der Waals surface area contributed by atoms with Crippen LogP contribution in [-0.4, -0.2) is 19.1 Å². The molecule has 2 nitrogen and oxygen atoms in total. The van der Waals surface area contributed by atoms with Crippen LogP contribution in [0.15, 0.2) is 42.5 Å². The van der Waals surface area contributed by atoms with Gasteiger partial charge in [-0.25, -0.2) is 4.98 Å². The first-order valence-corrected chi connectivity index (χ1v) is 5.70. The Balaban J connectivity index is 2.35. The molecule has 0 saturated heterocycles. The van der Waals surface area contributed by atoms with E-state index in [4.69, 9.17) is 0 Å². The van der Waals surface area contributed by atoms with Crippen molar-refractivity contribution < 1.29 is 13.2 Å². The van der Waals surface area contributed by atoms with Crippen LogP contribution < -0.4 is 4.90 Å². The van der Waals surface area contributed by atoms with Crippen LogP contribution in [0.3, 0.4) is 0 Å². The van der Waals surface area contributed by atoms with E-state index < -0.39 is 11.7 Å². The number of pyridine rings is 1. The Morgan fingerprint density at radius 2 is 1.58 bits per heavy atom. The number of nitrogens with zero attached hydrogens (tertiary/aromatic N) is 2. The van der Waals surface area contributed by atoms with Gasteiger partial charge in [0.15, 0.2) is 0 Å². The Labute approximate surface area is 109 Å². The molecule has 1 aromatic carbocycles. The van der Waals surface area contributed by atoms with E-state index in [2.05, 4.69) is 4.98 Å². The molecule has 0 atom stereocenters. The molecule has 19 heavy (non-hydrogen) atoms. The summed E-state index contributed by atoms with van der Waals surface area (Å²) in [6, 6.07) is 10.5. The summed E-state index contributed by atoms with van der Waals surface area (Å²) in [6.07, 6.45) is -4.31. The molecule has 0 bridgehead atoms. The summed E-state index contributed by atoms with van der Waals surface area (Å²) in [5.41, 5.74) is 0.664. The molecule has 0 N–H and O–H groups in total. The third-order valence-electron chi connectivity index (χ3n) is 2.70. The summed E-state index contributed by atoms with van der Waals surface area (Å²) >= 11 is 0. The average Bonchev–Trinajstić information content (AvgIpc) is 2.38. The van der Waals surface area contributed by atoms with Crippen LogP contribution in [0.4, 0.5) is 19.0 Å². The van der Waals surface area contributed by atoms with E-state index in [1.807, 2.05) is 31.1 Å². The summed E-state index contributed by atoms with van der Waals surface area (Å²) in [6.45, 7) is 0. The Hall–Kier alpha value is -2.04. The van der Waals surface area contributed by atoms with E-state index >= 15 is 0 Å². The third kappa shape index (κ3) is 3.05. The monoisotopic (exact) mass is 266 g/mol. The zero-order valence-corrected chi connectivity index (χ0v) is 10.6. The van der Waals surface area contributed by atoms with Crippen molar-refractivity contribution in [3.05, 3.63) is 48.0 Å². The number of rotatable bonds is 2. The second-order valence-electron chi connectivity index (χ2n) is 4.35. The van der Waals surface area contributed by atoms with Gasteiger partial charge in [0.05, 0.1) is 11.3 Å². The Morgan fingerprint density at radius 1 is 0.947 bits per heavy atom. The zero-order valence-electron chi connectivity index (χ0n) is 10.6. The fraction of sp³-hybridized carbons (Fsp3) is 0.214. The molecule has 5 heteroatoms. The minimum atomic E-state index is -4.31. The highest BCUT2D eigenvalue weighted by Crippen LogP contribution is 2.30. The Bertz CT molecular complexity index is 560. The third-order valence-corrected chi connectivity index (χ3v) is 2.70. The van der Waals surface area contributed by atoms with Gasteiger partial charge in [0, 0.05) is 19.7 Å². The smallest absolute Gasteiger partial charge is 0.363 e. The van der Waals surface area contributed by atoms with Crippen LogP contribution in [0.2, 0.25) is 0 Å². The van der Waals surface area contributed by atoms with Gasteiger partial charge >= 0.3 is 6.18 Å². The first-order chi connectivity index (χ1) is 8.88. The molecular weight excluding hydrogens is 253 g/mol. The molecule has 0 aliphatic rings. The number of anilines is 1. The molecule has 0 fully saturated rings. The minimum absolute atomic E-state index is 0.653. The second-order valence-corrected chi connectivity index (χ2v) is 4.35. The van der Waals surface area contributed by atoms with Crippen molar-refractivity contribution in [2.45, 2.75) is 6.18 Å². The SMILES string of the molecule is CN(C)c1cccc(-c2ccc(C(F)(F)F)cc2)n1. The molecule has 0 aliphatic heterocycles. The summed E-state index contributed by atoms with van der Waals surface area (Å²) in [7, 11) is 3.72. The van der Waals surface area contributed by atoms with Crippen LogP contribution in [0.5, 0.6) is 0 Å². The summed E-state index contributed by atoms with van der Waals surface area (Å²) in [5, 5.41) is 0. The molecule has 0 saturated carbocycles. The second kappa shape index (κ2) is 4.91. The van der Waals surface area contributed by atoms with Gasteiger partial charge in [0.25, 0.3) is 0 Å². The fourth-order valence-corrected chi connectivity index (χ4v) is 1.66. The lowest BCUT2D eigenvalue weighted by molar-refractivity contribution is -0.137. The molecular formula is C14H13F3N2. The van der Waals surface area contributed by atoms with Crippen molar-refractivity contribution in [2.75, 3.05) is 19.0 Å². The molecule has 0 spiro atoms. The predicted octanol–water partition coefficient (Wildman–Crippen LogP) is 3.83. The lowest BCUT2D eigenvalue weighted by Gasteiger charge is -2.12. The van der Waals surface area contributed by atoms with Crippen molar-refractivity contribution in [1.29, 1.82) is 0 Å². The summed E-state index contributed by atoms with van der Waals surface area (Å²) in [4.78, 5) is 6.22. The van der Waals surface area contributed by atoms with Gasteiger partial charge < -0.3 is 4.90 Å². The lowest BCUT2D eigenvalue weighted by atomic mass is 10.1. The lowest BCUT2D eigenvalue weighted by Crippen LogP contribution is -2.10. The van der Waals surface area contributed by atoms with Crippen LogP contribution >= 0.6 is 0 Å². The first kappa shape index (κ1) is 13.4. The highest BCUT2D eigenvalue weighted by molar-refractivity contribution is 5.61. The van der Waals surface area contributed by atoms with Crippen molar-refractivity contribution >= 4 is 5.82 Å². The molecule has 0 aliphatic carbocycles. The number of halogens is 3. The maximum atomic E-state index is 12.5. The van der Waals surface area contributed by atoms with E-state index in [-0.39, 0.29) is 0 Å². The molecule has 2 aromatic rings. The van der Waals surface area contributed by atoms with Crippen molar-refractivity contribution in [1.82, 2.24) is 4.98 Å². The molecule has 100 valence electrons. The van der Waals surface area contributed by atoms with Crippen molar-refractivity contribution in [3.63, 3.8) is 0 Å². The highest BCUT2D eigenvalue weighted by atomic mass is 19.4. The number of hydrogen-bond acceptors (Lipinski definition) is 2. The minimum Gasteiger partial charge on any atom is -0.363 e. The quantitative estimate of drug-likeness (QED) is 0.821. The molecule has 0 radical (unpaired) electrons. The van der Waals surface area contributed by atoms with Gasteiger partial charge in [-0.3, -0.25) is 0 Å². The maximum absolute atomic E-state index is 12.5. The number of hydrogen-bond donors (Lipinski definition) is 0. The topological polar surface area (TPSA) is 16.1 Å². The Morgan fingerprint density at radius 3 is 2.11 bits per heavy atom. The van der Waals surface area contributed by atoms with Gasteiger partial charge in [-0.05, 0) is 24.3 Å². The van der Waals surface area contributed by atoms with Crippen LogP contribution in [0.25, 0.3) is 11.3 Å². The molecule has 0 amide bonds. The van der Waals surface area contributed by atoms with E-state index in [1.54, 1.807) is 6.07 Å². The van der Waals surface area contributed by atoms with Gasteiger partial charge in [0.2, 0.25) is 0 Å². The largest absolute Gasteiger partial charge is 0.416 e. The van der Waals surface area contributed by atoms with Crippen LogP contribution in [0.1, 0.15) is 5.56 Å².